The Bertz CT molecular complexity index is 63.5. The van der Waals surface area contributed by atoms with Crippen LogP contribution in [-0.2, 0) is 0 Å². The van der Waals surface area contributed by atoms with Crippen molar-refractivity contribution in [3.8, 4) is 0 Å². The number of hydrogen-bond acceptors (Lipinski definition) is 2. The molecule has 0 aliphatic heterocycles. The van der Waals surface area contributed by atoms with Crippen LogP contribution in [0.4, 0.5) is 0 Å². The van der Waals surface area contributed by atoms with Crippen molar-refractivity contribution in [1.29, 1.82) is 0 Å². The highest BCUT2D eigenvalue weighted by Gasteiger charge is 1.89. The second-order valence-electron chi connectivity index (χ2n) is 1.70. The van der Waals surface area contributed by atoms with Crippen LogP contribution in [0.1, 0.15) is 6.92 Å². The Kier molecular flexibility index (Phi) is 4.61. The molecule has 0 radical (unpaired) electrons. The van der Waals surface area contributed by atoms with Crippen LogP contribution in [0.2, 0.25) is 0 Å². The first kappa shape index (κ1) is 7.66. The first-order valence-electron chi connectivity index (χ1n) is 2.78. The molecule has 48 valence electrons. The third-order valence-electron chi connectivity index (χ3n) is 0.932. The lowest BCUT2D eigenvalue weighted by Crippen LogP contribution is -2.26. The van der Waals surface area contributed by atoms with Gasteiger partial charge in [-0.05, 0) is 6.92 Å². The van der Waals surface area contributed by atoms with Gasteiger partial charge in [0.15, 0.2) is 0 Å². The van der Waals surface area contributed by atoms with Crippen LogP contribution < -0.4 is 5.32 Å². The van der Waals surface area contributed by atoms with Crippen LogP contribution >= 0.6 is 0 Å². The summed E-state index contributed by atoms with van der Waals surface area (Å²) in [6, 6.07) is 0.308. The molecule has 0 aromatic rings. The van der Waals surface area contributed by atoms with E-state index in [0.29, 0.717) is 12.6 Å². The molecule has 1 atom stereocenters. The lowest BCUT2D eigenvalue weighted by molar-refractivity contribution is 0.289. The van der Waals surface area contributed by atoms with Gasteiger partial charge in [0.05, 0.1) is 6.61 Å². The molecule has 2 N–H and O–H groups in total. The van der Waals surface area contributed by atoms with Crippen LogP contribution in [0.15, 0.2) is 12.7 Å². The van der Waals surface area contributed by atoms with Crippen molar-refractivity contribution >= 4 is 0 Å². The van der Waals surface area contributed by atoms with E-state index in [2.05, 4.69) is 11.9 Å². The standard InChI is InChI=1S/C6H13NO/c1-3-6(2)7-4-5-8/h3,6-8H,1,4-5H2,2H3. The molecule has 0 aliphatic carbocycles. The van der Waals surface area contributed by atoms with Crippen molar-refractivity contribution in [3.05, 3.63) is 12.7 Å². The lowest BCUT2D eigenvalue weighted by Gasteiger charge is -2.04. The van der Waals surface area contributed by atoms with Crippen molar-refractivity contribution < 1.29 is 5.11 Å². The average molecular weight is 115 g/mol. The molecule has 0 aromatic heterocycles. The molecule has 0 aliphatic rings. The molecule has 0 rings (SSSR count). The molecule has 2 heteroatoms. The van der Waals surface area contributed by atoms with E-state index in [1.165, 1.54) is 0 Å². The summed E-state index contributed by atoms with van der Waals surface area (Å²) in [5, 5.41) is 11.3. The van der Waals surface area contributed by atoms with Gasteiger partial charge in [0.1, 0.15) is 0 Å². The van der Waals surface area contributed by atoms with Gasteiger partial charge in [0.25, 0.3) is 0 Å². The molecule has 2 nitrogen and oxygen atoms in total. The summed E-state index contributed by atoms with van der Waals surface area (Å²) in [7, 11) is 0. The molecule has 0 spiro atoms. The minimum Gasteiger partial charge on any atom is -0.395 e. The maximum absolute atomic E-state index is 8.31. The Morgan fingerprint density at radius 3 is 2.88 bits per heavy atom. The first-order chi connectivity index (χ1) is 3.81. The van der Waals surface area contributed by atoms with E-state index in [1.807, 2.05) is 6.92 Å². The van der Waals surface area contributed by atoms with Crippen LogP contribution in [0.3, 0.4) is 0 Å². The summed E-state index contributed by atoms with van der Waals surface area (Å²) in [6.07, 6.45) is 1.80. The summed E-state index contributed by atoms with van der Waals surface area (Å²) < 4.78 is 0. The molecule has 0 amide bonds. The topological polar surface area (TPSA) is 32.3 Å². The number of rotatable bonds is 4. The molecule has 0 heterocycles. The number of hydrogen-bond donors (Lipinski definition) is 2. The predicted octanol–water partition coefficient (Wildman–Crippen LogP) is 0.143. The predicted molar refractivity (Wildman–Crippen MR) is 34.7 cm³/mol. The maximum atomic E-state index is 8.31. The highest BCUT2D eigenvalue weighted by molar-refractivity contribution is 4.80. The van der Waals surface area contributed by atoms with Gasteiger partial charge < -0.3 is 10.4 Å². The van der Waals surface area contributed by atoms with Gasteiger partial charge in [-0.3, -0.25) is 0 Å². The van der Waals surface area contributed by atoms with Crippen molar-refractivity contribution in [2.24, 2.45) is 0 Å². The molecule has 8 heavy (non-hydrogen) atoms. The van der Waals surface area contributed by atoms with E-state index in [-0.39, 0.29) is 6.61 Å². The fraction of sp³-hybridized carbons (Fsp3) is 0.667. The van der Waals surface area contributed by atoms with E-state index in [9.17, 15) is 0 Å². The normalized spacial score (nSPS) is 13.2. The molecule has 0 fully saturated rings. The van der Waals surface area contributed by atoms with Crippen molar-refractivity contribution in [2.75, 3.05) is 13.2 Å². The molecular formula is C6H13NO. The lowest BCUT2D eigenvalue weighted by atomic mass is 10.3. The van der Waals surface area contributed by atoms with Crippen molar-refractivity contribution in [2.45, 2.75) is 13.0 Å². The highest BCUT2D eigenvalue weighted by Crippen LogP contribution is 1.77. The SMILES string of the molecule is C=CC(C)NCCO. The fourth-order valence-corrected chi connectivity index (χ4v) is 0.376. The fourth-order valence-electron chi connectivity index (χ4n) is 0.376. The number of nitrogens with one attached hydrogen (secondary N) is 1. The molecule has 0 saturated carbocycles. The van der Waals surface area contributed by atoms with Gasteiger partial charge in [0, 0.05) is 12.6 Å². The number of aliphatic hydroxyl groups is 1. The third kappa shape index (κ3) is 3.84. The highest BCUT2D eigenvalue weighted by atomic mass is 16.3. The van der Waals surface area contributed by atoms with Gasteiger partial charge in [-0.25, -0.2) is 0 Å². The van der Waals surface area contributed by atoms with Crippen LogP contribution in [0, 0.1) is 0 Å². The average Bonchev–Trinajstić information content (AvgIpc) is 1.83. The van der Waals surface area contributed by atoms with E-state index in [0.717, 1.165) is 0 Å². The van der Waals surface area contributed by atoms with Crippen LogP contribution in [0.5, 0.6) is 0 Å². The zero-order valence-corrected chi connectivity index (χ0v) is 5.22. The Labute approximate surface area is 50.2 Å². The zero-order valence-electron chi connectivity index (χ0n) is 5.22. The largest absolute Gasteiger partial charge is 0.395 e. The Morgan fingerprint density at radius 1 is 1.88 bits per heavy atom. The minimum atomic E-state index is 0.193. The van der Waals surface area contributed by atoms with E-state index >= 15 is 0 Å². The van der Waals surface area contributed by atoms with Crippen molar-refractivity contribution in [1.82, 2.24) is 5.32 Å². The summed E-state index contributed by atoms with van der Waals surface area (Å²) in [5.41, 5.74) is 0. The summed E-state index contributed by atoms with van der Waals surface area (Å²) in [5.74, 6) is 0. The van der Waals surface area contributed by atoms with E-state index in [4.69, 9.17) is 5.11 Å². The molecular weight excluding hydrogens is 102 g/mol. The van der Waals surface area contributed by atoms with E-state index < -0.39 is 0 Å². The second kappa shape index (κ2) is 4.81. The van der Waals surface area contributed by atoms with Gasteiger partial charge in [-0.1, -0.05) is 6.08 Å². The first-order valence-corrected chi connectivity index (χ1v) is 2.78. The molecule has 0 bridgehead atoms. The quantitative estimate of drug-likeness (QED) is 0.511. The van der Waals surface area contributed by atoms with Crippen molar-refractivity contribution in [3.63, 3.8) is 0 Å². The Balaban J connectivity index is 2.98. The van der Waals surface area contributed by atoms with Crippen LogP contribution in [-0.4, -0.2) is 24.3 Å². The van der Waals surface area contributed by atoms with Gasteiger partial charge >= 0.3 is 0 Å². The third-order valence-corrected chi connectivity index (χ3v) is 0.932. The summed E-state index contributed by atoms with van der Waals surface area (Å²) in [6.45, 7) is 6.40. The maximum Gasteiger partial charge on any atom is 0.0556 e. The van der Waals surface area contributed by atoms with Gasteiger partial charge in [-0.15, -0.1) is 6.58 Å². The van der Waals surface area contributed by atoms with E-state index in [1.54, 1.807) is 6.08 Å². The zero-order chi connectivity index (χ0) is 6.41. The monoisotopic (exact) mass is 115 g/mol. The summed E-state index contributed by atoms with van der Waals surface area (Å²) >= 11 is 0. The van der Waals surface area contributed by atoms with Crippen LogP contribution in [0.25, 0.3) is 0 Å². The molecule has 0 aromatic carbocycles. The van der Waals surface area contributed by atoms with Gasteiger partial charge in [-0.2, -0.15) is 0 Å². The molecule has 0 saturated heterocycles. The number of aliphatic hydroxyl groups excluding tert-OH is 1. The summed E-state index contributed by atoms with van der Waals surface area (Å²) in [4.78, 5) is 0. The van der Waals surface area contributed by atoms with Gasteiger partial charge in [0.2, 0.25) is 0 Å². The minimum absolute atomic E-state index is 0.193. The Hall–Kier alpha value is -0.340. The molecule has 1 unspecified atom stereocenters. The smallest absolute Gasteiger partial charge is 0.0556 e. The second-order valence-corrected chi connectivity index (χ2v) is 1.70. The Morgan fingerprint density at radius 2 is 2.50 bits per heavy atom.